The van der Waals surface area contributed by atoms with Gasteiger partial charge in [-0.15, -0.1) is 0 Å². The molecule has 0 saturated heterocycles. The van der Waals surface area contributed by atoms with Crippen LogP contribution in [-0.4, -0.2) is 22.1 Å². The first kappa shape index (κ1) is 16.9. The molecule has 1 amide bonds. The maximum Gasteiger partial charge on any atom is 0.224 e. The summed E-state index contributed by atoms with van der Waals surface area (Å²) in [7, 11) is -0.968. The monoisotopic (exact) mass is 341 g/mol. The Morgan fingerprint density at radius 2 is 1.83 bits per heavy atom. The molecular weight excluding hydrogens is 318 g/mol. The molecule has 0 unspecified atom stereocenters. The average molecular weight is 341 g/mol. The van der Waals surface area contributed by atoms with E-state index in [9.17, 15) is 9.00 Å². The summed E-state index contributed by atoms with van der Waals surface area (Å²) >= 11 is 0. The van der Waals surface area contributed by atoms with Crippen LogP contribution in [0.2, 0.25) is 0 Å². The highest BCUT2D eigenvalue weighted by atomic mass is 32.2. The molecule has 0 aromatic heterocycles. The van der Waals surface area contributed by atoms with Crippen molar-refractivity contribution in [3.05, 3.63) is 71.3 Å². The Bertz CT molecular complexity index is 744. The molecule has 0 heterocycles. The molecule has 3 nitrogen and oxygen atoms in total. The van der Waals surface area contributed by atoms with Crippen LogP contribution in [0.15, 0.2) is 54.6 Å². The van der Waals surface area contributed by atoms with Crippen molar-refractivity contribution in [1.82, 2.24) is 5.32 Å². The van der Waals surface area contributed by atoms with Gasteiger partial charge in [-0.25, -0.2) is 0 Å². The minimum absolute atomic E-state index is 0.0302. The summed E-state index contributed by atoms with van der Waals surface area (Å²) in [6, 6.07) is 17.9. The predicted octanol–water partition coefficient (Wildman–Crippen LogP) is 3.33. The van der Waals surface area contributed by atoms with E-state index < -0.39 is 10.8 Å². The van der Waals surface area contributed by atoms with Crippen LogP contribution in [-0.2, 0) is 15.6 Å². The van der Waals surface area contributed by atoms with Crippen molar-refractivity contribution in [1.29, 1.82) is 0 Å². The summed E-state index contributed by atoms with van der Waals surface area (Å²) in [6.45, 7) is 2.09. The lowest BCUT2D eigenvalue weighted by Gasteiger charge is -2.18. The number of benzene rings is 2. The highest BCUT2D eigenvalue weighted by Crippen LogP contribution is 2.48. The molecular formula is C20H23NO2S. The van der Waals surface area contributed by atoms with E-state index in [4.69, 9.17) is 0 Å². The average Bonchev–Trinajstić information content (AvgIpc) is 3.35. The minimum Gasteiger partial charge on any atom is -0.348 e. The lowest BCUT2D eigenvalue weighted by molar-refractivity contribution is -0.123. The van der Waals surface area contributed by atoms with E-state index in [-0.39, 0.29) is 17.9 Å². The fourth-order valence-corrected chi connectivity index (χ4v) is 4.00. The summed E-state index contributed by atoms with van der Waals surface area (Å²) in [6.07, 6.45) is 2.57. The molecule has 1 aliphatic rings. The molecule has 0 radical (unpaired) electrons. The zero-order valence-electron chi connectivity index (χ0n) is 14.1. The molecule has 4 heteroatoms. The topological polar surface area (TPSA) is 46.2 Å². The van der Waals surface area contributed by atoms with E-state index in [1.54, 1.807) is 6.26 Å². The Morgan fingerprint density at radius 1 is 1.17 bits per heavy atom. The molecule has 0 bridgehead atoms. The fourth-order valence-electron chi connectivity index (χ4n) is 3.25. The molecule has 1 saturated carbocycles. The van der Waals surface area contributed by atoms with Gasteiger partial charge in [0, 0.05) is 28.7 Å². The normalized spacial score (nSPS) is 21.8. The van der Waals surface area contributed by atoms with Gasteiger partial charge >= 0.3 is 0 Å². The van der Waals surface area contributed by atoms with Gasteiger partial charge in [0.15, 0.2) is 0 Å². The molecule has 4 atom stereocenters. The van der Waals surface area contributed by atoms with Crippen molar-refractivity contribution in [2.24, 2.45) is 5.92 Å². The molecule has 3 rings (SSSR count). The van der Waals surface area contributed by atoms with Crippen LogP contribution in [0.3, 0.4) is 0 Å². The van der Waals surface area contributed by atoms with Gasteiger partial charge in [-0.1, -0.05) is 54.6 Å². The van der Waals surface area contributed by atoms with E-state index in [0.29, 0.717) is 11.7 Å². The summed E-state index contributed by atoms with van der Waals surface area (Å²) in [5.41, 5.74) is 3.52. The molecule has 1 aliphatic carbocycles. The summed E-state index contributed by atoms with van der Waals surface area (Å²) < 4.78 is 11.7. The van der Waals surface area contributed by atoms with E-state index >= 15 is 0 Å². The molecule has 2 aromatic carbocycles. The highest BCUT2D eigenvalue weighted by molar-refractivity contribution is 7.84. The second-order valence-electron chi connectivity index (χ2n) is 6.52. The number of aryl methyl sites for hydroxylation is 1. The molecule has 2 aromatic rings. The third kappa shape index (κ3) is 3.93. The lowest BCUT2D eigenvalue weighted by Crippen LogP contribution is -2.33. The number of amides is 1. The smallest absolute Gasteiger partial charge is 0.224 e. The largest absolute Gasteiger partial charge is 0.348 e. The second-order valence-corrected chi connectivity index (χ2v) is 8.00. The third-order valence-electron chi connectivity index (χ3n) is 4.63. The Hall–Kier alpha value is -1.94. The maximum absolute atomic E-state index is 12.7. The van der Waals surface area contributed by atoms with E-state index in [1.807, 2.05) is 42.5 Å². The van der Waals surface area contributed by atoms with Crippen LogP contribution >= 0.6 is 0 Å². The van der Waals surface area contributed by atoms with E-state index in [2.05, 4.69) is 24.4 Å². The van der Waals surface area contributed by atoms with Gasteiger partial charge in [0.05, 0.1) is 6.04 Å². The van der Waals surface area contributed by atoms with Gasteiger partial charge in [0.25, 0.3) is 0 Å². The Balaban J connectivity index is 1.69. The molecule has 1 N–H and O–H groups in total. The first-order valence-electron chi connectivity index (χ1n) is 8.27. The minimum atomic E-state index is -0.968. The lowest BCUT2D eigenvalue weighted by atomic mass is 10.0. The van der Waals surface area contributed by atoms with Crippen LogP contribution in [0.25, 0.3) is 0 Å². The Morgan fingerprint density at radius 3 is 2.50 bits per heavy atom. The van der Waals surface area contributed by atoms with Crippen molar-refractivity contribution in [2.45, 2.75) is 25.3 Å². The predicted molar refractivity (Wildman–Crippen MR) is 98.3 cm³/mol. The van der Waals surface area contributed by atoms with E-state index in [1.165, 1.54) is 11.1 Å². The number of hydrogen-bond donors (Lipinski definition) is 1. The molecule has 126 valence electrons. The first-order chi connectivity index (χ1) is 11.6. The molecule has 0 spiro atoms. The maximum atomic E-state index is 12.7. The molecule has 0 aliphatic heterocycles. The standard InChI is InChI=1S/C20H23NO2S/c1-14-8-6-7-11-16(14)17-12-18(17)20(22)21-19(13-24(2)23)15-9-4-3-5-10-15/h3-11,17-19H,12-13H2,1-2H3,(H,21,22)/t17-,18-,19-,24-/m0/s1. The summed E-state index contributed by atoms with van der Waals surface area (Å²) in [4.78, 5) is 12.7. The number of carbonyl (C=O) groups is 1. The fraction of sp³-hybridized carbons (Fsp3) is 0.350. The van der Waals surface area contributed by atoms with Crippen LogP contribution in [0.5, 0.6) is 0 Å². The van der Waals surface area contributed by atoms with Crippen molar-refractivity contribution < 1.29 is 9.00 Å². The van der Waals surface area contributed by atoms with Gasteiger partial charge in [0.2, 0.25) is 5.91 Å². The van der Waals surface area contributed by atoms with Crippen molar-refractivity contribution in [2.75, 3.05) is 12.0 Å². The van der Waals surface area contributed by atoms with Gasteiger partial charge < -0.3 is 5.32 Å². The summed E-state index contributed by atoms with van der Waals surface area (Å²) in [5.74, 6) is 0.859. The van der Waals surface area contributed by atoms with Crippen molar-refractivity contribution in [3.63, 3.8) is 0 Å². The summed E-state index contributed by atoms with van der Waals surface area (Å²) in [5, 5.41) is 3.11. The van der Waals surface area contributed by atoms with Gasteiger partial charge in [-0.2, -0.15) is 0 Å². The van der Waals surface area contributed by atoms with Crippen molar-refractivity contribution >= 4 is 16.7 Å². The van der Waals surface area contributed by atoms with Crippen LogP contribution < -0.4 is 5.32 Å². The van der Waals surface area contributed by atoms with Crippen LogP contribution in [0, 0.1) is 12.8 Å². The quantitative estimate of drug-likeness (QED) is 0.876. The van der Waals surface area contributed by atoms with Crippen LogP contribution in [0.4, 0.5) is 0 Å². The number of hydrogen-bond acceptors (Lipinski definition) is 2. The molecule has 1 fully saturated rings. The van der Waals surface area contributed by atoms with Gasteiger partial charge in [-0.3, -0.25) is 9.00 Å². The Kier molecular flexibility index (Phi) is 5.14. The van der Waals surface area contributed by atoms with E-state index in [0.717, 1.165) is 12.0 Å². The highest BCUT2D eigenvalue weighted by Gasteiger charge is 2.44. The number of nitrogens with one attached hydrogen (secondary N) is 1. The molecule has 24 heavy (non-hydrogen) atoms. The Labute approximate surface area is 145 Å². The number of carbonyl (C=O) groups excluding carboxylic acids is 1. The second kappa shape index (κ2) is 7.31. The van der Waals surface area contributed by atoms with Crippen LogP contribution in [0.1, 0.15) is 35.1 Å². The zero-order chi connectivity index (χ0) is 17.1. The number of rotatable bonds is 6. The van der Waals surface area contributed by atoms with Gasteiger partial charge in [0.1, 0.15) is 0 Å². The zero-order valence-corrected chi connectivity index (χ0v) is 14.9. The van der Waals surface area contributed by atoms with Gasteiger partial charge in [-0.05, 0) is 36.0 Å². The van der Waals surface area contributed by atoms with Crippen molar-refractivity contribution in [3.8, 4) is 0 Å². The SMILES string of the molecule is Cc1ccccc1[C@@H]1C[C@@H]1C(=O)N[C@@H](C[S@](C)=O)c1ccccc1. The third-order valence-corrected chi connectivity index (χ3v) is 5.44. The first-order valence-corrected chi connectivity index (χ1v) is 10.00.